The lowest BCUT2D eigenvalue weighted by molar-refractivity contribution is -0.134. The molecule has 1 amide bonds. The number of rotatable bonds is 6. The number of likely N-dealkylation sites (tertiary alicyclic amines) is 1. The SMILES string of the molecule is COc1ccc(C2CCCN2C(=O)COc2ccc(Cl)c(Cl)c2)cc1OC. The van der Waals surface area contributed by atoms with Crippen LogP contribution in [0.1, 0.15) is 24.4 Å². The second kappa shape index (κ2) is 8.72. The molecule has 1 heterocycles. The van der Waals surface area contributed by atoms with E-state index >= 15 is 0 Å². The molecule has 0 spiro atoms. The topological polar surface area (TPSA) is 48.0 Å². The van der Waals surface area contributed by atoms with Crippen molar-refractivity contribution in [1.82, 2.24) is 4.90 Å². The van der Waals surface area contributed by atoms with Gasteiger partial charge in [0.05, 0.1) is 30.3 Å². The van der Waals surface area contributed by atoms with Crippen molar-refractivity contribution in [1.29, 1.82) is 0 Å². The van der Waals surface area contributed by atoms with E-state index in [0.717, 1.165) is 18.4 Å². The molecule has 7 heteroatoms. The predicted octanol–water partition coefficient (Wildman–Crippen LogP) is 4.75. The second-order valence-corrected chi connectivity index (χ2v) is 7.04. The van der Waals surface area contributed by atoms with Crippen molar-refractivity contribution in [2.24, 2.45) is 0 Å². The number of hydrogen-bond acceptors (Lipinski definition) is 4. The van der Waals surface area contributed by atoms with Crippen molar-refractivity contribution in [2.45, 2.75) is 18.9 Å². The molecule has 3 rings (SSSR count). The third-order valence-electron chi connectivity index (χ3n) is 4.62. The van der Waals surface area contributed by atoms with Crippen LogP contribution in [0, 0.1) is 0 Å². The summed E-state index contributed by atoms with van der Waals surface area (Å²) in [6.07, 6.45) is 1.84. The monoisotopic (exact) mass is 409 g/mol. The van der Waals surface area contributed by atoms with Crippen molar-refractivity contribution in [3.8, 4) is 17.2 Å². The average Bonchev–Trinajstić information content (AvgIpc) is 3.18. The average molecular weight is 410 g/mol. The molecule has 1 aliphatic heterocycles. The Morgan fingerprint density at radius 1 is 1.07 bits per heavy atom. The molecule has 2 aromatic carbocycles. The minimum absolute atomic E-state index is 0.00490. The van der Waals surface area contributed by atoms with Gasteiger partial charge in [0.25, 0.3) is 5.91 Å². The van der Waals surface area contributed by atoms with Crippen LogP contribution in [0.5, 0.6) is 17.2 Å². The van der Waals surface area contributed by atoms with E-state index in [0.29, 0.717) is 33.8 Å². The number of halogens is 2. The zero-order valence-corrected chi connectivity index (χ0v) is 16.7. The first-order valence-electron chi connectivity index (χ1n) is 8.62. The first kappa shape index (κ1) is 19.6. The summed E-state index contributed by atoms with van der Waals surface area (Å²) in [5.74, 6) is 1.76. The third kappa shape index (κ3) is 4.42. The molecule has 1 unspecified atom stereocenters. The number of carbonyl (C=O) groups excluding carboxylic acids is 1. The smallest absolute Gasteiger partial charge is 0.261 e. The highest BCUT2D eigenvalue weighted by Gasteiger charge is 2.30. The Balaban J connectivity index is 1.70. The molecule has 1 fully saturated rings. The highest BCUT2D eigenvalue weighted by molar-refractivity contribution is 6.42. The maximum Gasteiger partial charge on any atom is 0.261 e. The second-order valence-electron chi connectivity index (χ2n) is 6.22. The van der Waals surface area contributed by atoms with Crippen molar-refractivity contribution in [3.63, 3.8) is 0 Å². The molecule has 0 N–H and O–H groups in total. The number of methoxy groups -OCH3 is 2. The largest absolute Gasteiger partial charge is 0.493 e. The number of amides is 1. The minimum atomic E-state index is -0.0710. The van der Waals surface area contributed by atoms with Crippen LogP contribution in [0.4, 0.5) is 0 Å². The normalized spacial score (nSPS) is 16.3. The molecule has 0 aliphatic carbocycles. The van der Waals surface area contributed by atoms with E-state index < -0.39 is 0 Å². The summed E-state index contributed by atoms with van der Waals surface area (Å²) in [5.41, 5.74) is 1.02. The number of hydrogen-bond donors (Lipinski definition) is 0. The molecule has 0 aromatic heterocycles. The maximum atomic E-state index is 12.7. The lowest BCUT2D eigenvalue weighted by atomic mass is 10.0. The van der Waals surface area contributed by atoms with E-state index in [1.54, 1.807) is 32.4 Å². The highest BCUT2D eigenvalue weighted by Crippen LogP contribution is 2.37. The summed E-state index contributed by atoms with van der Waals surface area (Å²) >= 11 is 11.9. The first-order valence-corrected chi connectivity index (χ1v) is 9.38. The van der Waals surface area contributed by atoms with Crippen molar-refractivity contribution in [3.05, 3.63) is 52.0 Å². The van der Waals surface area contributed by atoms with Crippen LogP contribution < -0.4 is 14.2 Å². The van der Waals surface area contributed by atoms with Crippen molar-refractivity contribution >= 4 is 29.1 Å². The van der Waals surface area contributed by atoms with Gasteiger partial charge in [-0.15, -0.1) is 0 Å². The Bertz CT molecular complexity index is 828. The van der Waals surface area contributed by atoms with Gasteiger partial charge < -0.3 is 19.1 Å². The Labute approximate surface area is 168 Å². The molecule has 27 heavy (non-hydrogen) atoms. The van der Waals surface area contributed by atoms with Gasteiger partial charge in [-0.1, -0.05) is 29.3 Å². The Hall–Kier alpha value is -2.11. The third-order valence-corrected chi connectivity index (χ3v) is 5.36. The predicted molar refractivity (Wildman–Crippen MR) is 105 cm³/mol. The molecular formula is C20H21Cl2NO4. The molecule has 0 radical (unpaired) electrons. The van der Waals surface area contributed by atoms with Crippen LogP contribution in [0.25, 0.3) is 0 Å². The first-order chi connectivity index (χ1) is 13.0. The lowest BCUT2D eigenvalue weighted by Crippen LogP contribution is -2.34. The number of ether oxygens (including phenoxy) is 3. The van der Waals surface area contributed by atoms with E-state index in [1.165, 1.54) is 0 Å². The molecular weight excluding hydrogens is 389 g/mol. The summed E-state index contributed by atoms with van der Waals surface area (Å²) in [6, 6.07) is 10.7. The van der Waals surface area contributed by atoms with Gasteiger partial charge in [0.15, 0.2) is 18.1 Å². The fourth-order valence-corrected chi connectivity index (χ4v) is 3.55. The Kier molecular flexibility index (Phi) is 6.34. The van der Waals surface area contributed by atoms with Gasteiger partial charge in [-0.25, -0.2) is 0 Å². The van der Waals surface area contributed by atoms with Crippen LogP contribution >= 0.6 is 23.2 Å². The quantitative estimate of drug-likeness (QED) is 0.690. The van der Waals surface area contributed by atoms with Crippen molar-refractivity contribution < 1.29 is 19.0 Å². The zero-order valence-electron chi connectivity index (χ0n) is 15.2. The van der Waals surface area contributed by atoms with Gasteiger partial charge in [0.2, 0.25) is 0 Å². The number of benzene rings is 2. The van der Waals surface area contributed by atoms with Crippen LogP contribution in [-0.4, -0.2) is 38.2 Å². The maximum absolute atomic E-state index is 12.7. The summed E-state index contributed by atoms with van der Waals surface area (Å²) in [7, 11) is 3.20. The molecule has 0 saturated carbocycles. The van der Waals surface area contributed by atoms with Gasteiger partial charge in [-0.3, -0.25) is 4.79 Å². The highest BCUT2D eigenvalue weighted by atomic mass is 35.5. The molecule has 5 nitrogen and oxygen atoms in total. The number of nitrogens with zero attached hydrogens (tertiary/aromatic N) is 1. The summed E-state index contributed by atoms with van der Waals surface area (Å²) in [5, 5.41) is 0.842. The van der Waals surface area contributed by atoms with Crippen molar-refractivity contribution in [2.75, 3.05) is 27.4 Å². The van der Waals surface area contributed by atoms with Gasteiger partial charge in [0, 0.05) is 12.6 Å². The fourth-order valence-electron chi connectivity index (χ4n) is 3.27. The van der Waals surface area contributed by atoms with Crippen LogP contribution in [0.2, 0.25) is 10.0 Å². The Morgan fingerprint density at radius 2 is 1.85 bits per heavy atom. The zero-order chi connectivity index (χ0) is 19.4. The molecule has 1 atom stereocenters. The lowest BCUT2D eigenvalue weighted by Gasteiger charge is -2.25. The van der Waals surface area contributed by atoms with Crippen LogP contribution in [-0.2, 0) is 4.79 Å². The fraction of sp³-hybridized carbons (Fsp3) is 0.350. The number of carbonyl (C=O) groups is 1. The van der Waals surface area contributed by atoms with Gasteiger partial charge in [-0.2, -0.15) is 0 Å². The van der Waals surface area contributed by atoms with E-state index in [-0.39, 0.29) is 18.6 Å². The van der Waals surface area contributed by atoms with Gasteiger partial charge in [0.1, 0.15) is 5.75 Å². The van der Waals surface area contributed by atoms with Crippen LogP contribution in [0.3, 0.4) is 0 Å². The molecule has 1 aliphatic rings. The molecule has 1 saturated heterocycles. The minimum Gasteiger partial charge on any atom is -0.493 e. The van der Waals surface area contributed by atoms with Gasteiger partial charge in [-0.05, 0) is 42.7 Å². The Morgan fingerprint density at radius 3 is 2.56 bits per heavy atom. The van der Waals surface area contributed by atoms with Crippen LogP contribution in [0.15, 0.2) is 36.4 Å². The van der Waals surface area contributed by atoms with E-state index in [2.05, 4.69) is 0 Å². The van der Waals surface area contributed by atoms with E-state index in [1.807, 2.05) is 23.1 Å². The standard InChI is InChI=1S/C20H21Cl2NO4/c1-25-18-8-5-13(10-19(18)26-2)17-4-3-9-23(17)20(24)12-27-14-6-7-15(21)16(22)11-14/h5-8,10-11,17H,3-4,9,12H2,1-2H3. The summed E-state index contributed by atoms with van der Waals surface area (Å²) < 4.78 is 16.3. The summed E-state index contributed by atoms with van der Waals surface area (Å²) in [4.78, 5) is 14.6. The van der Waals surface area contributed by atoms with E-state index in [9.17, 15) is 4.79 Å². The molecule has 0 bridgehead atoms. The van der Waals surface area contributed by atoms with Gasteiger partial charge >= 0.3 is 0 Å². The van der Waals surface area contributed by atoms with E-state index in [4.69, 9.17) is 37.4 Å². The molecule has 2 aromatic rings. The molecule has 144 valence electrons. The summed E-state index contributed by atoms with van der Waals surface area (Å²) in [6.45, 7) is 0.643.